The van der Waals surface area contributed by atoms with E-state index in [1.54, 1.807) is 6.07 Å². The number of likely N-dealkylation sites (tertiary alicyclic amines) is 1. The molecule has 208 valence electrons. The first-order chi connectivity index (χ1) is 18.4. The molecule has 2 atom stereocenters. The van der Waals surface area contributed by atoms with Gasteiger partial charge in [0.25, 0.3) is 0 Å². The Morgan fingerprint density at radius 3 is 2.95 bits per heavy atom. The molecule has 0 bridgehead atoms. The zero-order chi connectivity index (χ0) is 26.9. The Labute approximate surface area is 225 Å². The molecular weight excluding hydrogens is 485 g/mol. The van der Waals surface area contributed by atoms with Crippen molar-refractivity contribution in [1.82, 2.24) is 10.2 Å². The van der Waals surface area contributed by atoms with Gasteiger partial charge in [0, 0.05) is 38.6 Å². The molecule has 3 aliphatic rings. The number of nitrogens with zero attached hydrogens (tertiary/aromatic N) is 2. The number of hydrogen-bond donors (Lipinski definition) is 2. The molecule has 8 heteroatoms. The molecule has 2 heterocycles. The number of carboxylic acid groups (broad SMARTS) is 1. The van der Waals surface area contributed by atoms with Crippen molar-refractivity contribution in [1.29, 1.82) is 0 Å². The normalized spacial score (nSPS) is 21.4. The van der Waals surface area contributed by atoms with Crippen LogP contribution in [0, 0.1) is 11.7 Å². The summed E-state index contributed by atoms with van der Waals surface area (Å²) in [5, 5.41) is 13.5. The summed E-state index contributed by atoms with van der Waals surface area (Å²) in [4.78, 5) is 19.0. The number of hydrogen-bond acceptors (Lipinski definition) is 6. The smallest absolute Gasteiger partial charge is 0.325 e. The van der Waals surface area contributed by atoms with Gasteiger partial charge in [0.2, 0.25) is 0 Å². The lowest BCUT2D eigenvalue weighted by Crippen LogP contribution is -2.34. The second-order valence-corrected chi connectivity index (χ2v) is 10.7. The fraction of sp³-hybridized carbons (Fsp3) is 0.600. The van der Waals surface area contributed by atoms with Crippen LogP contribution in [0.1, 0.15) is 75.5 Å². The summed E-state index contributed by atoms with van der Waals surface area (Å²) >= 11 is 0. The predicted octanol–water partition coefficient (Wildman–Crippen LogP) is 5.38. The summed E-state index contributed by atoms with van der Waals surface area (Å²) < 4.78 is 26.1. The van der Waals surface area contributed by atoms with E-state index in [0.717, 1.165) is 62.2 Å². The van der Waals surface area contributed by atoms with E-state index in [9.17, 15) is 14.3 Å². The van der Waals surface area contributed by atoms with E-state index in [0.29, 0.717) is 44.4 Å². The quantitative estimate of drug-likeness (QED) is 0.235. The minimum atomic E-state index is -0.975. The van der Waals surface area contributed by atoms with Crippen LogP contribution >= 0.6 is 0 Å². The lowest BCUT2D eigenvalue weighted by Gasteiger charge is -2.26. The maximum Gasteiger partial charge on any atom is 0.325 e. The van der Waals surface area contributed by atoms with E-state index in [-0.39, 0.29) is 6.10 Å². The average Bonchev–Trinajstić information content (AvgIpc) is 3.61. The Bertz CT molecular complexity index is 1040. The molecule has 1 saturated carbocycles. The number of nitrogens with one attached hydrogen (secondary N) is 1. The van der Waals surface area contributed by atoms with E-state index >= 15 is 0 Å². The van der Waals surface area contributed by atoms with Gasteiger partial charge in [-0.1, -0.05) is 18.7 Å². The number of ether oxygens (including phenoxy) is 2. The molecule has 7 nitrogen and oxygen atoms in total. The van der Waals surface area contributed by atoms with E-state index in [1.807, 2.05) is 11.0 Å². The fourth-order valence-electron chi connectivity index (χ4n) is 5.19. The van der Waals surface area contributed by atoms with Crippen LogP contribution in [0.25, 0.3) is 0 Å². The van der Waals surface area contributed by atoms with Crippen molar-refractivity contribution < 1.29 is 23.8 Å². The van der Waals surface area contributed by atoms with Gasteiger partial charge in [-0.05, 0) is 93.0 Å². The molecule has 38 heavy (non-hydrogen) atoms. The van der Waals surface area contributed by atoms with Crippen LogP contribution in [0.3, 0.4) is 0 Å². The highest BCUT2D eigenvalue weighted by atomic mass is 19.1. The number of carboxylic acids is 1. The lowest BCUT2D eigenvalue weighted by atomic mass is 9.99. The van der Waals surface area contributed by atoms with E-state index in [2.05, 4.69) is 18.8 Å². The Morgan fingerprint density at radius 1 is 1.34 bits per heavy atom. The van der Waals surface area contributed by atoms with Gasteiger partial charge in [0.1, 0.15) is 17.7 Å². The maximum absolute atomic E-state index is 14.2. The van der Waals surface area contributed by atoms with Crippen LogP contribution in [0.4, 0.5) is 4.39 Å². The number of aliphatic imine (C=N–C) groups is 1. The number of rotatable bonds is 15. The lowest BCUT2D eigenvalue weighted by molar-refractivity contribution is -0.143. The average molecular weight is 528 g/mol. The molecule has 2 aliphatic heterocycles. The summed E-state index contributed by atoms with van der Waals surface area (Å²) in [5.41, 5.74) is 3.49. The maximum atomic E-state index is 14.2. The third-order valence-corrected chi connectivity index (χ3v) is 7.54. The van der Waals surface area contributed by atoms with Crippen LogP contribution in [0.15, 0.2) is 47.2 Å². The van der Waals surface area contributed by atoms with Crippen LogP contribution < -0.4 is 5.32 Å². The van der Waals surface area contributed by atoms with Gasteiger partial charge in [-0.2, -0.15) is 0 Å². The molecule has 4 rings (SSSR count). The number of unbranched alkanes of at least 4 members (excludes halogenated alkanes) is 1. The number of benzene rings is 1. The van der Waals surface area contributed by atoms with Gasteiger partial charge < -0.3 is 19.9 Å². The van der Waals surface area contributed by atoms with Crippen molar-refractivity contribution in [2.75, 3.05) is 32.8 Å². The Balaban J connectivity index is 1.24. The second kappa shape index (κ2) is 14.0. The van der Waals surface area contributed by atoms with Crippen LogP contribution in [0.5, 0.6) is 0 Å². The summed E-state index contributed by atoms with van der Waals surface area (Å²) in [5.74, 6) is 0.157. The third kappa shape index (κ3) is 8.22. The topological polar surface area (TPSA) is 83.4 Å². The molecule has 2 N–H and O–H groups in total. The highest BCUT2D eigenvalue weighted by Gasteiger charge is 2.35. The van der Waals surface area contributed by atoms with Gasteiger partial charge in [0.15, 0.2) is 0 Å². The monoisotopic (exact) mass is 527 g/mol. The first kappa shape index (κ1) is 28.5. The SMILES string of the molecule is C=CC1=C(N=C(C)CCCCO[C@@H]2CCN(C(C(=O)O)c3cc(F)ccc3COCC3CC3)C2)NCCC1. The van der Waals surface area contributed by atoms with Gasteiger partial charge in [0.05, 0.1) is 12.7 Å². The Morgan fingerprint density at radius 2 is 2.18 bits per heavy atom. The van der Waals surface area contributed by atoms with Crippen molar-refractivity contribution in [3.63, 3.8) is 0 Å². The van der Waals surface area contributed by atoms with Crippen molar-refractivity contribution in [2.24, 2.45) is 10.9 Å². The van der Waals surface area contributed by atoms with Gasteiger partial charge in [-0.15, -0.1) is 0 Å². The molecule has 0 spiro atoms. The molecule has 1 unspecified atom stereocenters. The summed E-state index contributed by atoms with van der Waals surface area (Å²) in [6.45, 7) is 9.62. The molecule has 1 aromatic carbocycles. The highest BCUT2D eigenvalue weighted by molar-refractivity contribution is 5.83. The first-order valence-electron chi connectivity index (χ1n) is 14.0. The van der Waals surface area contributed by atoms with E-state index < -0.39 is 17.8 Å². The van der Waals surface area contributed by atoms with Gasteiger partial charge >= 0.3 is 5.97 Å². The number of allylic oxidation sites excluding steroid dienone is 2. The van der Waals surface area contributed by atoms with E-state index in [4.69, 9.17) is 14.5 Å². The van der Waals surface area contributed by atoms with Crippen molar-refractivity contribution in [3.05, 3.63) is 59.2 Å². The van der Waals surface area contributed by atoms with Crippen molar-refractivity contribution >= 4 is 11.7 Å². The van der Waals surface area contributed by atoms with Crippen LogP contribution in [-0.4, -0.2) is 60.6 Å². The Hall–Kier alpha value is -2.55. The molecule has 2 fully saturated rings. The van der Waals surface area contributed by atoms with Crippen molar-refractivity contribution in [3.8, 4) is 0 Å². The standard InChI is InChI=1S/C30H42FN3O4/c1-3-23-8-6-14-32-29(23)33-21(2)7-4-5-16-38-26-13-15-34(18-26)28(30(35)36)27-17-25(31)12-11-24(27)20-37-19-22-9-10-22/h3,11-12,17,22,26,28,32H,1,4-10,13-16,18-20H2,2H3,(H,35,36)/t26-,28?/m1/s1. The van der Waals surface area contributed by atoms with Crippen LogP contribution in [0.2, 0.25) is 0 Å². The molecular formula is C30H42FN3O4. The zero-order valence-electron chi connectivity index (χ0n) is 22.6. The highest BCUT2D eigenvalue weighted by Crippen LogP contribution is 2.32. The summed E-state index contributed by atoms with van der Waals surface area (Å²) in [6.07, 6.45) is 9.93. The molecule has 1 saturated heterocycles. The summed E-state index contributed by atoms with van der Waals surface area (Å²) in [6, 6.07) is 3.47. The molecule has 0 radical (unpaired) electrons. The zero-order valence-corrected chi connectivity index (χ0v) is 22.6. The van der Waals surface area contributed by atoms with Gasteiger partial charge in [-0.25, -0.2) is 9.38 Å². The molecule has 1 aromatic rings. The largest absolute Gasteiger partial charge is 0.480 e. The minimum absolute atomic E-state index is 0.0264. The van der Waals surface area contributed by atoms with Crippen molar-refractivity contribution in [2.45, 2.75) is 77.0 Å². The molecule has 0 aromatic heterocycles. The number of aliphatic carboxylic acids is 1. The van der Waals surface area contributed by atoms with Gasteiger partial charge in [-0.3, -0.25) is 9.69 Å². The third-order valence-electron chi connectivity index (χ3n) is 7.54. The predicted molar refractivity (Wildman–Crippen MR) is 147 cm³/mol. The van der Waals surface area contributed by atoms with Crippen LogP contribution in [-0.2, 0) is 20.9 Å². The fourth-order valence-corrected chi connectivity index (χ4v) is 5.19. The molecule has 0 amide bonds. The van der Waals surface area contributed by atoms with E-state index in [1.165, 1.54) is 30.5 Å². The number of carbonyl (C=O) groups is 1. The minimum Gasteiger partial charge on any atom is -0.480 e. The molecule has 1 aliphatic carbocycles. The summed E-state index contributed by atoms with van der Waals surface area (Å²) in [7, 11) is 0. The number of halogens is 1. The second-order valence-electron chi connectivity index (χ2n) is 10.7. The first-order valence-corrected chi connectivity index (χ1v) is 14.0. The Kier molecular flexibility index (Phi) is 10.5.